The number of benzene rings is 2. The van der Waals surface area contributed by atoms with E-state index in [0.29, 0.717) is 15.8 Å². The number of hydrogen-bond donors (Lipinski definition) is 1. The zero-order chi connectivity index (χ0) is 19.4. The molecular formula is C20H23Cl2N3O2. The lowest BCUT2D eigenvalue weighted by Gasteiger charge is -2.35. The molecular weight excluding hydrogens is 385 g/mol. The minimum absolute atomic E-state index is 0.140. The van der Waals surface area contributed by atoms with Crippen LogP contribution in [0.5, 0.6) is 5.75 Å². The average molecular weight is 408 g/mol. The molecule has 0 radical (unpaired) electrons. The lowest BCUT2D eigenvalue weighted by Crippen LogP contribution is -2.44. The van der Waals surface area contributed by atoms with Crippen molar-refractivity contribution in [2.24, 2.45) is 0 Å². The van der Waals surface area contributed by atoms with Crippen LogP contribution >= 0.6 is 23.2 Å². The van der Waals surface area contributed by atoms with E-state index in [1.54, 1.807) is 18.2 Å². The first-order valence-corrected chi connectivity index (χ1v) is 9.60. The molecule has 1 saturated heterocycles. The second kappa shape index (κ2) is 8.83. The van der Waals surface area contributed by atoms with Crippen LogP contribution in [0.2, 0.25) is 10.0 Å². The van der Waals surface area contributed by atoms with Crippen LogP contribution in [0.3, 0.4) is 0 Å². The normalized spacial score (nSPS) is 14.9. The molecule has 1 fully saturated rings. The van der Waals surface area contributed by atoms with Crippen LogP contribution in [0.1, 0.15) is 5.56 Å². The summed E-state index contributed by atoms with van der Waals surface area (Å²) >= 11 is 12.0. The maximum atomic E-state index is 12.2. The van der Waals surface area contributed by atoms with Gasteiger partial charge < -0.3 is 19.9 Å². The van der Waals surface area contributed by atoms with Gasteiger partial charge in [-0.3, -0.25) is 4.79 Å². The zero-order valence-electron chi connectivity index (χ0n) is 15.5. The topological polar surface area (TPSA) is 44.8 Å². The minimum atomic E-state index is -0.252. The summed E-state index contributed by atoms with van der Waals surface area (Å²) in [5, 5.41) is 3.78. The number of halogens is 2. The van der Waals surface area contributed by atoms with Crippen LogP contribution in [-0.2, 0) is 4.79 Å². The third-order valence-electron chi connectivity index (χ3n) is 4.58. The van der Waals surface area contributed by atoms with Crippen LogP contribution in [0, 0.1) is 6.92 Å². The summed E-state index contributed by atoms with van der Waals surface area (Å²) in [6.45, 7) is 6.06. The van der Waals surface area contributed by atoms with E-state index < -0.39 is 0 Å². The molecule has 0 unspecified atom stereocenters. The number of amides is 1. The summed E-state index contributed by atoms with van der Waals surface area (Å²) in [5.41, 5.74) is 3.09. The molecule has 0 atom stereocenters. The molecule has 1 N–H and O–H groups in total. The predicted molar refractivity (Wildman–Crippen MR) is 111 cm³/mol. The number of carbonyl (C=O) groups excluding carboxylic acids is 1. The van der Waals surface area contributed by atoms with Crippen LogP contribution in [0.25, 0.3) is 0 Å². The van der Waals surface area contributed by atoms with Crippen molar-refractivity contribution in [2.45, 2.75) is 6.92 Å². The Morgan fingerprint density at radius 1 is 1.11 bits per heavy atom. The van der Waals surface area contributed by atoms with Gasteiger partial charge in [-0.25, -0.2) is 0 Å². The molecule has 27 heavy (non-hydrogen) atoms. The third kappa shape index (κ3) is 5.28. The second-order valence-electron chi connectivity index (χ2n) is 6.70. The van der Waals surface area contributed by atoms with Gasteiger partial charge in [-0.1, -0.05) is 23.2 Å². The highest BCUT2D eigenvalue weighted by molar-refractivity contribution is 6.34. The molecule has 5 nitrogen and oxygen atoms in total. The van der Waals surface area contributed by atoms with Crippen molar-refractivity contribution in [1.82, 2.24) is 4.90 Å². The van der Waals surface area contributed by atoms with E-state index in [1.165, 1.54) is 5.69 Å². The van der Waals surface area contributed by atoms with Gasteiger partial charge >= 0.3 is 0 Å². The number of nitrogens with zero attached hydrogens (tertiary/aromatic N) is 2. The number of likely N-dealkylation sites (N-methyl/N-ethyl adjacent to an activating group) is 1. The summed E-state index contributed by atoms with van der Waals surface area (Å²) in [4.78, 5) is 16.9. The van der Waals surface area contributed by atoms with Gasteiger partial charge in [0.1, 0.15) is 5.75 Å². The molecule has 0 bridgehead atoms. The Hall–Kier alpha value is -1.95. The number of rotatable bonds is 5. The maximum Gasteiger partial charge on any atom is 0.262 e. The summed E-state index contributed by atoms with van der Waals surface area (Å²) in [6, 6.07) is 10.9. The van der Waals surface area contributed by atoms with Gasteiger partial charge in [0, 0.05) is 48.6 Å². The van der Waals surface area contributed by atoms with E-state index in [1.807, 2.05) is 12.1 Å². The Kier molecular flexibility index (Phi) is 6.47. The third-order valence-corrected chi connectivity index (χ3v) is 5.12. The molecule has 1 aliphatic rings. The van der Waals surface area contributed by atoms with Crippen LogP contribution in [0.15, 0.2) is 36.4 Å². The van der Waals surface area contributed by atoms with Crippen molar-refractivity contribution in [3.05, 3.63) is 52.0 Å². The molecule has 0 saturated carbocycles. The predicted octanol–water partition coefficient (Wildman–Crippen LogP) is 4.07. The van der Waals surface area contributed by atoms with Crippen molar-refractivity contribution in [1.29, 1.82) is 0 Å². The fourth-order valence-electron chi connectivity index (χ4n) is 3.06. The van der Waals surface area contributed by atoms with Gasteiger partial charge in [0.15, 0.2) is 6.61 Å². The highest BCUT2D eigenvalue weighted by Gasteiger charge is 2.16. The Bertz CT molecular complexity index is 821. The number of nitrogens with one attached hydrogen (secondary N) is 1. The lowest BCUT2D eigenvalue weighted by atomic mass is 10.1. The first kappa shape index (κ1) is 19.8. The molecule has 1 amide bonds. The minimum Gasteiger partial charge on any atom is -0.482 e. The summed E-state index contributed by atoms with van der Waals surface area (Å²) < 4.78 is 5.47. The quantitative estimate of drug-likeness (QED) is 0.810. The van der Waals surface area contributed by atoms with E-state index >= 15 is 0 Å². The van der Waals surface area contributed by atoms with Gasteiger partial charge in [-0.15, -0.1) is 0 Å². The SMILES string of the molecule is Cc1cc(NC(=O)COc2cc(Cl)ccc2Cl)ccc1N1CCN(C)CC1. The number of hydrogen-bond acceptors (Lipinski definition) is 4. The number of piperazine rings is 1. The zero-order valence-corrected chi connectivity index (χ0v) is 17.0. The van der Waals surface area contributed by atoms with Gasteiger partial charge in [0.05, 0.1) is 5.02 Å². The van der Waals surface area contributed by atoms with Crippen molar-refractivity contribution < 1.29 is 9.53 Å². The molecule has 0 aromatic heterocycles. The van der Waals surface area contributed by atoms with Gasteiger partial charge in [0.2, 0.25) is 0 Å². The van der Waals surface area contributed by atoms with E-state index in [-0.39, 0.29) is 12.5 Å². The molecule has 0 spiro atoms. The fraction of sp³-hybridized carbons (Fsp3) is 0.350. The van der Waals surface area contributed by atoms with E-state index in [9.17, 15) is 4.79 Å². The molecule has 1 heterocycles. The number of ether oxygens (including phenoxy) is 1. The van der Waals surface area contributed by atoms with Gasteiger partial charge in [0.25, 0.3) is 5.91 Å². The lowest BCUT2D eigenvalue weighted by molar-refractivity contribution is -0.118. The van der Waals surface area contributed by atoms with Crippen LogP contribution in [0.4, 0.5) is 11.4 Å². The summed E-state index contributed by atoms with van der Waals surface area (Å²) in [5.74, 6) is 0.138. The van der Waals surface area contributed by atoms with Gasteiger partial charge in [-0.05, 0) is 49.9 Å². The second-order valence-corrected chi connectivity index (χ2v) is 7.55. The Labute approximate surface area is 169 Å². The van der Waals surface area contributed by atoms with Gasteiger partial charge in [-0.2, -0.15) is 0 Å². The molecule has 144 valence electrons. The molecule has 2 aromatic rings. The highest BCUT2D eigenvalue weighted by Crippen LogP contribution is 2.28. The number of anilines is 2. The molecule has 7 heteroatoms. The average Bonchev–Trinajstić information content (AvgIpc) is 2.63. The van der Waals surface area contributed by atoms with Crippen molar-refractivity contribution in [3.8, 4) is 5.75 Å². The molecule has 2 aromatic carbocycles. The van der Waals surface area contributed by atoms with Crippen molar-refractivity contribution in [3.63, 3.8) is 0 Å². The first-order valence-electron chi connectivity index (χ1n) is 8.84. The van der Waals surface area contributed by atoms with Crippen LogP contribution < -0.4 is 15.0 Å². The number of aryl methyl sites for hydroxylation is 1. The van der Waals surface area contributed by atoms with E-state index in [2.05, 4.69) is 35.2 Å². The Morgan fingerprint density at radius 2 is 1.85 bits per heavy atom. The fourth-order valence-corrected chi connectivity index (χ4v) is 3.40. The van der Waals surface area contributed by atoms with Crippen LogP contribution in [-0.4, -0.2) is 50.6 Å². The molecule has 0 aliphatic carbocycles. The number of carbonyl (C=O) groups is 1. The van der Waals surface area contributed by atoms with Crippen molar-refractivity contribution >= 4 is 40.5 Å². The maximum absolute atomic E-state index is 12.2. The largest absolute Gasteiger partial charge is 0.482 e. The van der Waals surface area contributed by atoms with Crippen molar-refractivity contribution in [2.75, 3.05) is 50.1 Å². The van der Waals surface area contributed by atoms with E-state index in [0.717, 1.165) is 37.4 Å². The smallest absolute Gasteiger partial charge is 0.262 e. The monoisotopic (exact) mass is 407 g/mol. The summed E-state index contributed by atoms with van der Waals surface area (Å²) in [7, 11) is 2.14. The highest BCUT2D eigenvalue weighted by atomic mass is 35.5. The Balaban J connectivity index is 1.58. The molecule has 3 rings (SSSR count). The molecule has 1 aliphatic heterocycles. The van der Waals surface area contributed by atoms with E-state index in [4.69, 9.17) is 27.9 Å². The first-order chi connectivity index (χ1) is 12.9. The Morgan fingerprint density at radius 3 is 2.56 bits per heavy atom. The summed E-state index contributed by atoms with van der Waals surface area (Å²) in [6.07, 6.45) is 0. The standard InChI is InChI=1S/C20H23Cl2N3O2/c1-14-11-16(4-6-18(14)25-9-7-24(2)8-10-25)23-20(26)13-27-19-12-15(21)3-5-17(19)22/h3-6,11-12H,7-10,13H2,1-2H3,(H,23,26).